The van der Waals surface area contributed by atoms with Gasteiger partial charge in [0.1, 0.15) is 11.5 Å². The number of aliphatic hydroxyl groups is 1. The largest absolute Gasteiger partial charge is 0.507 e. The van der Waals surface area contributed by atoms with Crippen molar-refractivity contribution in [3.05, 3.63) is 58.3 Å². The molecular weight excluding hydrogens is 296 g/mol. The lowest BCUT2D eigenvalue weighted by Crippen LogP contribution is -2.04. The van der Waals surface area contributed by atoms with Crippen molar-refractivity contribution in [1.29, 1.82) is 0 Å². The third kappa shape index (κ3) is 2.66. The van der Waals surface area contributed by atoms with Gasteiger partial charge in [0.2, 0.25) is 0 Å². The SMILES string of the molecule is COc1c(CCO)ccc2c(=O)cc(-c3ccccc3O)oc12. The molecule has 0 spiro atoms. The maximum atomic E-state index is 12.4. The summed E-state index contributed by atoms with van der Waals surface area (Å²) in [6.07, 6.45) is 0.392. The normalized spacial score (nSPS) is 10.9. The monoisotopic (exact) mass is 312 g/mol. The minimum Gasteiger partial charge on any atom is -0.507 e. The predicted octanol–water partition coefficient (Wildman–Crippen LogP) is 2.71. The van der Waals surface area contributed by atoms with E-state index in [4.69, 9.17) is 14.3 Å². The molecule has 0 aliphatic carbocycles. The summed E-state index contributed by atoms with van der Waals surface area (Å²) in [6, 6.07) is 11.4. The van der Waals surface area contributed by atoms with Gasteiger partial charge in [-0.15, -0.1) is 0 Å². The van der Waals surface area contributed by atoms with Crippen LogP contribution in [0.4, 0.5) is 0 Å². The van der Waals surface area contributed by atoms with E-state index in [2.05, 4.69) is 0 Å². The third-order valence-electron chi connectivity index (χ3n) is 3.69. The molecule has 2 aromatic carbocycles. The number of para-hydroxylation sites is 1. The summed E-state index contributed by atoms with van der Waals surface area (Å²) >= 11 is 0. The summed E-state index contributed by atoms with van der Waals surface area (Å²) in [4.78, 5) is 12.4. The van der Waals surface area contributed by atoms with Crippen LogP contribution in [0, 0.1) is 0 Å². The van der Waals surface area contributed by atoms with Crippen molar-refractivity contribution >= 4 is 11.0 Å². The summed E-state index contributed by atoms with van der Waals surface area (Å²) in [6.45, 7) is -0.0364. The highest BCUT2D eigenvalue weighted by Crippen LogP contribution is 2.34. The summed E-state index contributed by atoms with van der Waals surface area (Å²) in [5.74, 6) is 0.714. The molecule has 1 aromatic heterocycles. The molecule has 1 heterocycles. The Hall–Kier alpha value is -2.79. The number of phenols is 1. The minimum atomic E-state index is -0.224. The Morgan fingerprint density at radius 2 is 1.96 bits per heavy atom. The highest BCUT2D eigenvalue weighted by molar-refractivity contribution is 5.85. The van der Waals surface area contributed by atoms with Gasteiger partial charge in [-0.05, 0) is 24.6 Å². The lowest BCUT2D eigenvalue weighted by molar-refractivity contribution is 0.296. The average Bonchev–Trinajstić information content (AvgIpc) is 2.55. The first kappa shape index (κ1) is 15.1. The topological polar surface area (TPSA) is 79.9 Å². The number of aliphatic hydroxyl groups excluding tert-OH is 1. The van der Waals surface area contributed by atoms with Gasteiger partial charge in [0, 0.05) is 18.2 Å². The van der Waals surface area contributed by atoms with E-state index in [-0.39, 0.29) is 23.5 Å². The summed E-state index contributed by atoms with van der Waals surface area (Å²) in [5, 5.41) is 19.5. The number of benzene rings is 2. The zero-order valence-corrected chi connectivity index (χ0v) is 12.6. The fourth-order valence-corrected chi connectivity index (χ4v) is 2.59. The van der Waals surface area contributed by atoms with E-state index < -0.39 is 0 Å². The molecule has 0 aliphatic rings. The van der Waals surface area contributed by atoms with Crippen LogP contribution < -0.4 is 10.2 Å². The van der Waals surface area contributed by atoms with Gasteiger partial charge in [-0.25, -0.2) is 0 Å². The molecule has 2 N–H and O–H groups in total. The van der Waals surface area contributed by atoms with E-state index in [0.717, 1.165) is 5.56 Å². The van der Waals surface area contributed by atoms with Crippen LogP contribution in [0.15, 0.2) is 51.7 Å². The molecule has 0 fully saturated rings. The van der Waals surface area contributed by atoms with Gasteiger partial charge in [0.25, 0.3) is 0 Å². The number of hydrogen-bond donors (Lipinski definition) is 2. The van der Waals surface area contributed by atoms with Gasteiger partial charge >= 0.3 is 0 Å². The van der Waals surface area contributed by atoms with E-state index in [9.17, 15) is 9.90 Å². The highest BCUT2D eigenvalue weighted by atomic mass is 16.5. The second-order valence-electron chi connectivity index (χ2n) is 5.10. The Morgan fingerprint density at radius 1 is 1.17 bits per heavy atom. The molecule has 0 bridgehead atoms. The number of ether oxygens (including phenoxy) is 1. The summed E-state index contributed by atoms with van der Waals surface area (Å²) < 4.78 is 11.2. The van der Waals surface area contributed by atoms with Crippen LogP contribution in [0.2, 0.25) is 0 Å². The van der Waals surface area contributed by atoms with Crippen molar-refractivity contribution in [3.8, 4) is 22.8 Å². The van der Waals surface area contributed by atoms with Crippen molar-refractivity contribution < 1.29 is 19.4 Å². The predicted molar refractivity (Wildman–Crippen MR) is 86.9 cm³/mol. The molecule has 3 rings (SSSR count). The van der Waals surface area contributed by atoms with E-state index in [1.165, 1.54) is 19.2 Å². The van der Waals surface area contributed by atoms with Gasteiger partial charge in [0.05, 0.1) is 18.1 Å². The Morgan fingerprint density at radius 3 is 2.65 bits per heavy atom. The molecule has 0 unspecified atom stereocenters. The molecule has 5 nitrogen and oxygen atoms in total. The standard InChI is InChI=1S/C18H16O5/c1-22-17-11(8-9-19)6-7-13-15(21)10-16(23-18(13)17)12-4-2-3-5-14(12)20/h2-7,10,19-20H,8-9H2,1H3. The Kier molecular flexibility index (Phi) is 4.04. The first-order chi connectivity index (χ1) is 11.2. The van der Waals surface area contributed by atoms with Gasteiger partial charge in [0.15, 0.2) is 16.8 Å². The second kappa shape index (κ2) is 6.14. The van der Waals surface area contributed by atoms with Crippen LogP contribution in [0.3, 0.4) is 0 Å². The third-order valence-corrected chi connectivity index (χ3v) is 3.69. The quantitative estimate of drug-likeness (QED) is 0.774. The number of rotatable bonds is 4. The van der Waals surface area contributed by atoms with Crippen molar-refractivity contribution in [2.45, 2.75) is 6.42 Å². The summed E-state index contributed by atoms with van der Waals surface area (Å²) in [5.41, 5.74) is 1.27. The molecule has 0 radical (unpaired) electrons. The number of fused-ring (bicyclic) bond motifs is 1. The van der Waals surface area contributed by atoms with Crippen LogP contribution in [-0.4, -0.2) is 23.9 Å². The van der Waals surface area contributed by atoms with E-state index >= 15 is 0 Å². The fraction of sp³-hybridized carbons (Fsp3) is 0.167. The molecule has 0 saturated carbocycles. The van der Waals surface area contributed by atoms with Crippen molar-refractivity contribution in [2.75, 3.05) is 13.7 Å². The maximum absolute atomic E-state index is 12.4. The van der Waals surface area contributed by atoms with E-state index in [1.807, 2.05) is 0 Å². The zero-order valence-electron chi connectivity index (χ0n) is 12.6. The van der Waals surface area contributed by atoms with Crippen LogP contribution in [0.1, 0.15) is 5.56 Å². The number of aromatic hydroxyl groups is 1. The number of hydrogen-bond acceptors (Lipinski definition) is 5. The molecule has 0 saturated heterocycles. The lowest BCUT2D eigenvalue weighted by atomic mass is 10.1. The fourth-order valence-electron chi connectivity index (χ4n) is 2.59. The Labute approximate surface area is 132 Å². The Balaban J connectivity index is 2.31. The van der Waals surface area contributed by atoms with Crippen molar-refractivity contribution in [2.24, 2.45) is 0 Å². The van der Waals surface area contributed by atoms with E-state index in [0.29, 0.717) is 28.7 Å². The first-order valence-electron chi connectivity index (χ1n) is 7.18. The molecule has 3 aromatic rings. The van der Waals surface area contributed by atoms with Crippen LogP contribution >= 0.6 is 0 Å². The number of phenolic OH excluding ortho intramolecular Hbond substituents is 1. The smallest absolute Gasteiger partial charge is 0.193 e. The maximum Gasteiger partial charge on any atom is 0.193 e. The zero-order chi connectivity index (χ0) is 16.4. The average molecular weight is 312 g/mol. The molecule has 5 heteroatoms. The molecule has 0 atom stereocenters. The number of methoxy groups -OCH3 is 1. The highest BCUT2D eigenvalue weighted by Gasteiger charge is 2.16. The van der Waals surface area contributed by atoms with Gasteiger partial charge < -0.3 is 19.4 Å². The van der Waals surface area contributed by atoms with Crippen molar-refractivity contribution in [1.82, 2.24) is 0 Å². The van der Waals surface area contributed by atoms with Gasteiger partial charge in [-0.1, -0.05) is 18.2 Å². The minimum absolute atomic E-state index is 0.0282. The van der Waals surface area contributed by atoms with Gasteiger partial charge in [-0.3, -0.25) is 4.79 Å². The van der Waals surface area contributed by atoms with E-state index in [1.54, 1.807) is 30.3 Å². The van der Waals surface area contributed by atoms with Crippen LogP contribution in [-0.2, 0) is 6.42 Å². The van der Waals surface area contributed by atoms with Crippen LogP contribution in [0.5, 0.6) is 11.5 Å². The summed E-state index contributed by atoms with van der Waals surface area (Å²) in [7, 11) is 1.49. The lowest BCUT2D eigenvalue weighted by Gasteiger charge is -2.11. The molecule has 118 valence electrons. The molecular formula is C18H16O5. The van der Waals surface area contributed by atoms with Crippen LogP contribution in [0.25, 0.3) is 22.3 Å². The van der Waals surface area contributed by atoms with Gasteiger partial charge in [-0.2, -0.15) is 0 Å². The first-order valence-corrected chi connectivity index (χ1v) is 7.18. The molecule has 0 aliphatic heterocycles. The molecule has 23 heavy (non-hydrogen) atoms. The Bertz CT molecular complexity index is 911. The molecule has 0 amide bonds. The van der Waals surface area contributed by atoms with Crippen molar-refractivity contribution in [3.63, 3.8) is 0 Å². The second-order valence-corrected chi connectivity index (χ2v) is 5.10.